The highest BCUT2D eigenvalue weighted by Crippen LogP contribution is 2.33. The Morgan fingerprint density at radius 2 is 2.00 bits per heavy atom. The molecule has 3 aromatic heterocycles. The molecule has 5 rings (SSSR count). The van der Waals surface area contributed by atoms with Crippen molar-refractivity contribution in [1.82, 2.24) is 24.8 Å². The number of carbonyl (C=O) groups is 1. The lowest BCUT2D eigenvalue weighted by molar-refractivity contribution is 0.0860. The molecule has 0 saturated heterocycles. The van der Waals surface area contributed by atoms with Crippen LogP contribution in [0.3, 0.4) is 0 Å². The topological polar surface area (TPSA) is 108 Å². The summed E-state index contributed by atoms with van der Waals surface area (Å²) in [5.41, 5.74) is 8.99. The fourth-order valence-electron chi connectivity index (χ4n) is 4.38. The first-order chi connectivity index (χ1) is 16.9. The predicted molar refractivity (Wildman–Crippen MR) is 126 cm³/mol. The van der Waals surface area contributed by atoms with Crippen LogP contribution >= 0.6 is 0 Å². The number of benzene rings is 1. The van der Waals surface area contributed by atoms with Gasteiger partial charge < -0.3 is 15.8 Å². The van der Waals surface area contributed by atoms with Gasteiger partial charge in [-0.2, -0.15) is 0 Å². The summed E-state index contributed by atoms with van der Waals surface area (Å²) >= 11 is 0. The summed E-state index contributed by atoms with van der Waals surface area (Å²) in [5, 5.41) is 2.99. The SMILES string of the molecule is CC(F)Oc1cccc(-c2cn(-c3ncc(F)cn3)c3cc(C(=O)N[C@@H]4CCC[C@H]4N)cnc23)c1. The monoisotopic (exact) mass is 478 g/mol. The number of rotatable bonds is 6. The van der Waals surface area contributed by atoms with Crippen LogP contribution in [-0.4, -0.2) is 43.9 Å². The van der Waals surface area contributed by atoms with Gasteiger partial charge in [0.1, 0.15) is 5.75 Å². The lowest BCUT2D eigenvalue weighted by Gasteiger charge is -2.17. The number of pyridine rings is 1. The highest BCUT2D eigenvalue weighted by Gasteiger charge is 2.26. The van der Waals surface area contributed by atoms with Crippen molar-refractivity contribution in [2.24, 2.45) is 5.73 Å². The largest absolute Gasteiger partial charge is 0.461 e. The number of aromatic nitrogens is 4. The number of alkyl halides is 1. The Morgan fingerprint density at radius 1 is 1.20 bits per heavy atom. The second-order valence-corrected chi connectivity index (χ2v) is 8.57. The summed E-state index contributed by atoms with van der Waals surface area (Å²) in [6, 6.07) is 8.48. The first-order valence-electron chi connectivity index (χ1n) is 11.4. The molecule has 1 unspecified atom stereocenters. The lowest BCUT2D eigenvalue weighted by atomic mass is 10.1. The van der Waals surface area contributed by atoms with E-state index in [2.05, 4.69) is 20.3 Å². The molecule has 8 nitrogen and oxygen atoms in total. The van der Waals surface area contributed by atoms with E-state index < -0.39 is 12.2 Å². The summed E-state index contributed by atoms with van der Waals surface area (Å²) in [6.45, 7) is 1.30. The molecule has 0 spiro atoms. The molecular formula is C25H24F2N6O2. The van der Waals surface area contributed by atoms with E-state index in [1.54, 1.807) is 35.0 Å². The molecule has 35 heavy (non-hydrogen) atoms. The molecule has 0 bridgehead atoms. The predicted octanol–water partition coefficient (Wildman–Crippen LogP) is 3.93. The van der Waals surface area contributed by atoms with E-state index in [4.69, 9.17) is 10.5 Å². The van der Waals surface area contributed by atoms with Gasteiger partial charge in [0.15, 0.2) is 5.82 Å². The van der Waals surface area contributed by atoms with E-state index in [1.807, 2.05) is 6.07 Å². The Balaban J connectivity index is 1.60. The minimum absolute atomic E-state index is 0.0692. The fraction of sp³-hybridized carbons (Fsp3) is 0.280. The van der Waals surface area contributed by atoms with Crippen molar-refractivity contribution in [2.75, 3.05) is 0 Å². The van der Waals surface area contributed by atoms with Crippen LogP contribution in [0.15, 0.2) is 55.1 Å². The number of nitrogens with one attached hydrogen (secondary N) is 1. The molecule has 1 aliphatic carbocycles. The molecule has 1 amide bonds. The van der Waals surface area contributed by atoms with E-state index in [0.29, 0.717) is 27.9 Å². The minimum atomic E-state index is -1.47. The fourth-order valence-corrected chi connectivity index (χ4v) is 4.38. The summed E-state index contributed by atoms with van der Waals surface area (Å²) in [5.74, 6) is -0.268. The third-order valence-corrected chi connectivity index (χ3v) is 6.05. The van der Waals surface area contributed by atoms with Gasteiger partial charge in [0, 0.05) is 37.0 Å². The van der Waals surface area contributed by atoms with Gasteiger partial charge in [-0.1, -0.05) is 12.1 Å². The van der Waals surface area contributed by atoms with Crippen molar-refractivity contribution in [3.05, 3.63) is 66.5 Å². The first-order valence-corrected chi connectivity index (χ1v) is 11.4. The van der Waals surface area contributed by atoms with Crippen molar-refractivity contribution >= 4 is 16.9 Å². The molecule has 10 heteroatoms. The summed E-state index contributed by atoms with van der Waals surface area (Å²) in [4.78, 5) is 25.7. The summed E-state index contributed by atoms with van der Waals surface area (Å²) in [6.07, 6.45) is 6.60. The van der Waals surface area contributed by atoms with E-state index in [-0.39, 0.29) is 23.9 Å². The third kappa shape index (κ3) is 4.69. The van der Waals surface area contributed by atoms with Crippen molar-refractivity contribution in [3.8, 4) is 22.8 Å². The standard InChI is InChI=1S/C25H24F2N6O2/c1-14(26)35-18-5-2-4-15(8-18)19-13-33(25-30-11-17(27)12-31-25)22-9-16(10-29-23(19)22)24(34)32-21-7-3-6-20(21)28/h2,4-5,8-14,20-21H,3,6-7,28H2,1H3,(H,32,34)/t14?,20-,21-/m1/s1. The molecule has 1 fully saturated rings. The van der Waals surface area contributed by atoms with Gasteiger partial charge in [0.25, 0.3) is 5.91 Å². The molecule has 4 aromatic rings. The molecule has 0 radical (unpaired) electrons. The molecule has 3 N–H and O–H groups in total. The average molecular weight is 479 g/mol. The van der Waals surface area contributed by atoms with Crippen LogP contribution in [0.5, 0.6) is 5.75 Å². The zero-order valence-electron chi connectivity index (χ0n) is 19.0. The number of fused-ring (bicyclic) bond motifs is 1. The van der Waals surface area contributed by atoms with Gasteiger partial charge in [-0.15, -0.1) is 0 Å². The number of carbonyl (C=O) groups excluding carboxylic acids is 1. The number of ether oxygens (including phenoxy) is 1. The Morgan fingerprint density at radius 3 is 2.71 bits per heavy atom. The second kappa shape index (κ2) is 9.38. The van der Waals surface area contributed by atoms with Gasteiger partial charge in [0.05, 0.1) is 29.0 Å². The van der Waals surface area contributed by atoms with Crippen LogP contribution < -0.4 is 15.8 Å². The molecule has 3 heterocycles. The third-order valence-electron chi connectivity index (χ3n) is 6.05. The number of nitrogens with two attached hydrogens (primary N) is 1. The molecule has 0 aliphatic heterocycles. The van der Waals surface area contributed by atoms with E-state index in [0.717, 1.165) is 37.2 Å². The molecule has 3 atom stereocenters. The number of halogens is 2. The van der Waals surface area contributed by atoms with E-state index >= 15 is 0 Å². The molecule has 1 aliphatic rings. The zero-order chi connectivity index (χ0) is 24.5. The normalized spacial score (nSPS) is 18.5. The smallest absolute Gasteiger partial charge is 0.253 e. The number of amides is 1. The summed E-state index contributed by atoms with van der Waals surface area (Å²) < 4.78 is 33.7. The van der Waals surface area contributed by atoms with Gasteiger partial charge in [-0.05, 0) is 43.0 Å². The van der Waals surface area contributed by atoms with Crippen LogP contribution in [0.25, 0.3) is 28.1 Å². The van der Waals surface area contributed by atoms with Crippen LogP contribution in [0.2, 0.25) is 0 Å². The molecule has 1 saturated carbocycles. The second-order valence-electron chi connectivity index (χ2n) is 8.57. The van der Waals surface area contributed by atoms with Crippen LogP contribution in [0.1, 0.15) is 36.5 Å². The first kappa shape index (κ1) is 22.9. The average Bonchev–Trinajstić information content (AvgIpc) is 3.42. The van der Waals surface area contributed by atoms with E-state index in [9.17, 15) is 13.6 Å². The summed E-state index contributed by atoms with van der Waals surface area (Å²) in [7, 11) is 0. The zero-order valence-corrected chi connectivity index (χ0v) is 19.0. The lowest BCUT2D eigenvalue weighted by Crippen LogP contribution is -2.44. The maximum absolute atomic E-state index is 13.5. The molecule has 1 aromatic carbocycles. The van der Waals surface area contributed by atoms with Gasteiger partial charge >= 0.3 is 0 Å². The molecular weight excluding hydrogens is 454 g/mol. The Labute approximate surface area is 200 Å². The van der Waals surface area contributed by atoms with Crippen LogP contribution in [0, 0.1) is 5.82 Å². The minimum Gasteiger partial charge on any atom is -0.461 e. The Kier molecular flexibility index (Phi) is 6.12. The van der Waals surface area contributed by atoms with Gasteiger partial charge in [-0.3, -0.25) is 14.3 Å². The highest BCUT2D eigenvalue weighted by atomic mass is 19.1. The van der Waals surface area contributed by atoms with Crippen molar-refractivity contribution in [3.63, 3.8) is 0 Å². The van der Waals surface area contributed by atoms with E-state index in [1.165, 1.54) is 13.1 Å². The Hall–Kier alpha value is -3.92. The number of hydrogen-bond acceptors (Lipinski definition) is 6. The van der Waals surface area contributed by atoms with Crippen molar-refractivity contribution in [1.29, 1.82) is 0 Å². The van der Waals surface area contributed by atoms with Crippen molar-refractivity contribution in [2.45, 2.75) is 44.6 Å². The quantitative estimate of drug-likeness (QED) is 0.435. The van der Waals surface area contributed by atoms with Crippen LogP contribution in [-0.2, 0) is 0 Å². The van der Waals surface area contributed by atoms with Gasteiger partial charge in [-0.25, -0.2) is 18.7 Å². The maximum atomic E-state index is 13.5. The van der Waals surface area contributed by atoms with Crippen LogP contribution in [0.4, 0.5) is 8.78 Å². The van der Waals surface area contributed by atoms with Gasteiger partial charge in [0.2, 0.25) is 12.3 Å². The van der Waals surface area contributed by atoms with Crippen molar-refractivity contribution < 1.29 is 18.3 Å². The Bertz CT molecular complexity index is 1370. The highest BCUT2D eigenvalue weighted by molar-refractivity contribution is 6.00. The number of nitrogens with zero attached hydrogens (tertiary/aromatic N) is 4. The maximum Gasteiger partial charge on any atom is 0.253 e. The number of hydrogen-bond donors (Lipinski definition) is 2. The molecule has 180 valence electrons.